The lowest BCUT2D eigenvalue weighted by Crippen LogP contribution is -2.33. The molecular weight excluding hydrogens is 396 g/mol. The van der Waals surface area contributed by atoms with Gasteiger partial charge in [-0.15, -0.1) is 0 Å². The highest BCUT2D eigenvalue weighted by Crippen LogP contribution is 2.47. The number of hydrogen-bond donors (Lipinski definition) is 0. The molecule has 0 bridgehead atoms. The van der Waals surface area contributed by atoms with Gasteiger partial charge in [0.1, 0.15) is 6.29 Å². The van der Waals surface area contributed by atoms with Gasteiger partial charge < -0.3 is 9.53 Å². The molecule has 3 heteroatoms. The Morgan fingerprint density at radius 3 is 2.12 bits per heavy atom. The van der Waals surface area contributed by atoms with Crippen molar-refractivity contribution < 1.29 is 14.3 Å². The summed E-state index contributed by atoms with van der Waals surface area (Å²) in [6, 6.07) is 16.5. The second kappa shape index (κ2) is 8.20. The van der Waals surface area contributed by atoms with Crippen LogP contribution in [0.1, 0.15) is 74.5 Å². The number of ether oxygens (including phenoxy) is 1. The first-order valence-electron chi connectivity index (χ1n) is 11.5. The smallest absolute Gasteiger partial charge is 0.338 e. The molecule has 3 aromatic rings. The molecule has 0 saturated heterocycles. The van der Waals surface area contributed by atoms with Gasteiger partial charge in [-0.3, -0.25) is 0 Å². The minimum Gasteiger partial charge on any atom is -0.462 e. The van der Waals surface area contributed by atoms with Gasteiger partial charge in [0.25, 0.3) is 0 Å². The number of carbonyl (C=O) groups is 2. The van der Waals surface area contributed by atoms with E-state index in [1.807, 2.05) is 12.1 Å². The van der Waals surface area contributed by atoms with Gasteiger partial charge in [0.05, 0.1) is 12.2 Å². The summed E-state index contributed by atoms with van der Waals surface area (Å²) < 4.78 is 5.09. The largest absolute Gasteiger partial charge is 0.462 e. The third kappa shape index (κ3) is 3.97. The second-order valence-corrected chi connectivity index (χ2v) is 10.2. The quantitative estimate of drug-likeness (QED) is 0.332. The molecule has 0 radical (unpaired) electrons. The summed E-state index contributed by atoms with van der Waals surface area (Å²) in [5.41, 5.74) is 6.72. The molecule has 1 aliphatic carbocycles. The zero-order valence-corrected chi connectivity index (χ0v) is 19.7. The predicted molar refractivity (Wildman–Crippen MR) is 130 cm³/mol. The lowest BCUT2D eigenvalue weighted by molar-refractivity contribution is -0.107. The molecule has 3 nitrogen and oxygen atoms in total. The first-order chi connectivity index (χ1) is 15.2. The molecule has 0 saturated carbocycles. The van der Waals surface area contributed by atoms with Gasteiger partial charge in [0.15, 0.2) is 0 Å². The Morgan fingerprint density at radius 2 is 1.53 bits per heavy atom. The summed E-state index contributed by atoms with van der Waals surface area (Å²) in [4.78, 5) is 23.5. The third-order valence-electron chi connectivity index (χ3n) is 7.04. The van der Waals surface area contributed by atoms with E-state index in [1.165, 1.54) is 16.5 Å². The zero-order chi connectivity index (χ0) is 23.1. The number of aldehydes is 1. The molecule has 0 fully saturated rings. The summed E-state index contributed by atoms with van der Waals surface area (Å²) in [5.74, 6) is -0.310. The van der Waals surface area contributed by atoms with E-state index in [2.05, 4.69) is 52.0 Å². The maximum Gasteiger partial charge on any atom is 0.338 e. The van der Waals surface area contributed by atoms with E-state index < -0.39 is 0 Å². The number of carbonyl (C=O) groups excluding carboxylic acids is 2. The van der Waals surface area contributed by atoms with Crippen LogP contribution in [0.25, 0.3) is 21.9 Å². The lowest BCUT2D eigenvalue weighted by Gasteiger charge is -2.42. The molecule has 0 N–H and O–H groups in total. The first kappa shape index (κ1) is 22.3. The fraction of sp³-hybridized carbons (Fsp3) is 0.379. The van der Waals surface area contributed by atoms with E-state index >= 15 is 0 Å². The SMILES string of the molecule is CCOC(=O)c1ccc(-c2cc(CC=O)c3cc4c(cc3c2)C(C)(C)CCC4(C)C)cc1. The monoisotopic (exact) mass is 428 g/mol. The van der Waals surface area contributed by atoms with Crippen LogP contribution < -0.4 is 0 Å². The molecule has 0 spiro atoms. The van der Waals surface area contributed by atoms with Gasteiger partial charge in [0.2, 0.25) is 0 Å². The van der Waals surface area contributed by atoms with Crippen LogP contribution in [-0.2, 0) is 26.8 Å². The van der Waals surface area contributed by atoms with Gasteiger partial charge in [-0.2, -0.15) is 0 Å². The van der Waals surface area contributed by atoms with Crippen LogP contribution in [0.4, 0.5) is 0 Å². The predicted octanol–water partition coefficient (Wildman–Crippen LogP) is 6.77. The van der Waals surface area contributed by atoms with Gasteiger partial charge in [-0.05, 0) is 87.4 Å². The minimum absolute atomic E-state index is 0.124. The van der Waals surface area contributed by atoms with Gasteiger partial charge in [-0.1, -0.05) is 58.0 Å². The number of benzene rings is 3. The second-order valence-electron chi connectivity index (χ2n) is 10.2. The van der Waals surface area contributed by atoms with Crippen molar-refractivity contribution in [3.63, 3.8) is 0 Å². The molecule has 166 valence electrons. The van der Waals surface area contributed by atoms with E-state index in [4.69, 9.17) is 4.74 Å². The maximum atomic E-state index is 12.0. The first-order valence-corrected chi connectivity index (χ1v) is 11.5. The fourth-order valence-electron chi connectivity index (χ4n) is 4.94. The Morgan fingerprint density at radius 1 is 0.906 bits per heavy atom. The van der Waals surface area contributed by atoms with E-state index in [0.717, 1.165) is 41.2 Å². The molecule has 32 heavy (non-hydrogen) atoms. The van der Waals surface area contributed by atoms with E-state index in [-0.39, 0.29) is 16.8 Å². The highest BCUT2D eigenvalue weighted by molar-refractivity contribution is 5.94. The zero-order valence-electron chi connectivity index (χ0n) is 19.7. The molecule has 1 aliphatic rings. The van der Waals surface area contributed by atoms with Crippen molar-refractivity contribution in [1.29, 1.82) is 0 Å². The van der Waals surface area contributed by atoms with Crippen molar-refractivity contribution in [2.24, 2.45) is 0 Å². The topological polar surface area (TPSA) is 43.4 Å². The minimum atomic E-state index is -0.310. The highest BCUT2D eigenvalue weighted by Gasteiger charge is 2.37. The summed E-state index contributed by atoms with van der Waals surface area (Å²) in [6.45, 7) is 11.5. The summed E-state index contributed by atoms with van der Waals surface area (Å²) in [5, 5.41) is 2.33. The van der Waals surface area contributed by atoms with Crippen molar-refractivity contribution in [3.05, 3.63) is 70.8 Å². The van der Waals surface area contributed by atoms with E-state index in [9.17, 15) is 9.59 Å². The Labute approximate surface area is 190 Å². The van der Waals surface area contributed by atoms with Crippen molar-refractivity contribution >= 4 is 23.0 Å². The van der Waals surface area contributed by atoms with Crippen LogP contribution >= 0.6 is 0 Å². The number of esters is 1. The average molecular weight is 429 g/mol. The van der Waals surface area contributed by atoms with Crippen molar-refractivity contribution in [3.8, 4) is 11.1 Å². The fourth-order valence-corrected chi connectivity index (χ4v) is 4.94. The Bertz CT molecular complexity index is 1180. The Kier molecular flexibility index (Phi) is 5.70. The summed E-state index contributed by atoms with van der Waals surface area (Å²) >= 11 is 0. The van der Waals surface area contributed by atoms with Gasteiger partial charge in [0, 0.05) is 6.42 Å². The van der Waals surface area contributed by atoms with Crippen LogP contribution in [0.15, 0.2) is 48.5 Å². The molecule has 0 atom stereocenters. The van der Waals surface area contributed by atoms with Crippen LogP contribution in [0, 0.1) is 0 Å². The highest BCUT2D eigenvalue weighted by atomic mass is 16.5. The number of hydrogen-bond acceptors (Lipinski definition) is 3. The van der Waals surface area contributed by atoms with Crippen LogP contribution in [-0.4, -0.2) is 18.9 Å². The van der Waals surface area contributed by atoms with E-state index in [1.54, 1.807) is 19.1 Å². The van der Waals surface area contributed by atoms with Gasteiger partial charge in [-0.25, -0.2) is 4.79 Å². The van der Waals surface area contributed by atoms with Crippen molar-refractivity contribution in [1.82, 2.24) is 0 Å². The Hall–Kier alpha value is -2.94. The van der Waals surface area contributed by atoms with Crippen LogP contribution in [0.2, 0.25) is 0 Å². The van der Waals surface area contributed by atoms with Gasteiger partial charge >= 0.3 is 5.97 Å². The van der Waals surface area contributed by atoms with Crippen molar-refractivity contribution in [2.45, 2.75) is 64.7 Å². The molecule has 0 aliphatic heterocycles. The van der Waals surface area contributed by atoms with Crippen LogP contribution in [0.3, 0.4) is 0 Å². The number of rotatable bonds is 5. The average Bonchev–Trinajstić information content (AvgIpc) is 2.76. The lowest BCUT2D eigenvalue weighted by atomic mass is 9.62. The molecule has 3 aromatic carbocycles. The molecule has 0 unspecified atom stereocenters. The third-order valence-corrected chi connectivity index (χ3v) is 7.04. The molecule has 0 heterocycles. The normalized spacial score (nSPS) is 16.4. The van der Waals surface area contributed by atoms with Crippen molar-refractivity contribution in [2.75, 3.05) is 6.61 Å². The molecular formula is C29H32O3. The molecule has 0 aromatic heterocycles. The maximum absolute atomic E-state index is 12.0. The Balaban J connectivity index is 1.87. The molecule has 0 amide bonds. The summed E-state index contributed by atoms with van der Waals surface area (Å²) in [7, 11) is 0. The summed E-state index contributed by atoms with van der Waals surface area (Å²) in [6.07, 6.45) is 3.69. The standard InChI is InChI=1S/C29H32O3/c1-6-32-27(31)20-9-7-19(8-10-20)22-15-21(11-14-30)24-18-26-25(17-23(24)16-22)28(2,3)12-13-29(26,4)5/h7-10,14-18H,6,11-13H2,1-5H3. The van der Waals surface area contributed by atoms with Crippen LogP contribution in [0.5, 0.6) is 0 Å². The molecule has 4 rings (SSSR count). The van der Waals surface area contributed by atoms with E-state index in [0.29, 0.717) is 18.6 Å². The number of fused-ring (bicyclic) bond motifs is 2.